The summed E-state index contributed by atoms with van der Waals surface area (Å²) in [5.41, 5.74) is 0.856. The molecule has 0 aliphatic rings. The highest BCUT2D eigenvalue weighted by Gasteiger charge is 2.10. The van der Waals surface area contributed by atoms with Crippen LogP contribution >= 0.6 is 0 Å². The molecule has 0 radical (unpaired) electrons. The van der Waals surface area contributed by atoms with Crippen LogP contribution in [0.5, 0.6) is 0 Å². The number of tetrazole rings is 1. The van der Waals surface area contributed by atoms with Crippen LogP contribution in [0.4, 0.5) is 0 Å². The number of rotatable bonds is 2. The summed E-state index contributed by atoms with van der Waals surface area (Å²) >= 11 is 0. The van der Waals surface area contributed by atoms with Crippen molar-refractivity contribution in [2.75, 3.05) is 0 Å². The zero-order valence-electron chi connectivity index (χ0n) is 9.19. The fourth-order valence-corrected chi connectivity index (χ4v) is 1.64. The number of aromatic amines is 1. The van der Waals surface area contributed by atoms with Crippen LogP contribution in [0.25, 0.3) is 17.1 Å². The van der Waals surface area contributed by atoms with Gasteiger partial charge in [0.1, 0.15) is 0 Å². The van der Waals surface area contributed by atoms with E-state index in [1.807, 2.05) is 0 Å². The van der Waals surface area contributed by atoms with E-state index >= 15 is 0 Å². The van der Waals surface area contributed by atoms with Crippen molar-refractivity contribution >= 4 is 0 Å². The van der Waals surface area contributed by atoms with E-state index in [4.69, 9.17) is 0 Å². The Morgan fingerprint density at radius 1 is 1.22 bits per heavy atom. The van der Waals surface area contributed by atoms with E-state index in [-0.39, 0.29) is 11.4 Å². The third kappa shape index (κ3) is 1.67. The summed E-state index contributed by atoms with van der Waals surface area (Å²) in [6, 6.07) is 6.97. The molecule has 3 aromatic rings. The van der Waals surface area contributed by atoms with Crippen molar-refractivity contribution in [1.82, 2.24) is 30.2 Å². The number of nitrogens with zero attached hydrogens (tertiary/aromatic N) is 5. The van der Waals surface area contributed by atoms with Gasteiger partial charge in [-0.25, -0.2) is 0 Å². The van der Waals surface area contributed by atoms with E-state index in [2.05, 4.69) is 25.6 Å². The molecule has 7 heteroatoms. The molecule has 88 valence electrons. The van der Waals surface area contributed by atoms with Gasteiger partial charge in [-0.1, -0.05) is 0 Å². The van der Waals surface area contributed by atoms with Gasteiger partial charge in [-0.05, 0) is 29.5 Å². The molecular weight excluding hydrogens is 232 g/mol. The first kappa shape index (κ1) is 10.3. The van der Waals surface area contributed by atoms with Crippen LogP contribution in [0.15, 0.2) is 47.7 Å². The monoisotopic (exact) mass is 240 g/mol. The standard InChI is InChI=1S/C11H8N6O/c18-11-9(10-13-15-16-14-10)4-2-6-17(11)8-3-1-5-12-7-8/h1-7H,(H,13,14,15,16). The smallest absolute Gasteiger partial charge is 0.266 e. The first-order chi connectivity index (χ1) is 8.86. The van der Waals surface area contributed by atoms with Gasteiger partial charge in [-0.3, -0.25) is 14.3 Å². The lowest BCUT2D eigenvalue weighted by Gasteiger charge is -2.05. The van der Waals surface area contributed by atoms with Crippen molar-refractivity contribution in [3.63, 3.8) is 0 Å². The molecule has 0 aromatic carbocycles. The molecule has 0 atom stereocenters. The van der Waals surface area contributed by atoms with Gasteiger partial charge in [0.25, 0.3) is 5.56 Å². The second kappa shape index (κ2) is 4.21. The number of nitrogens with one attached hydrogen (secondary N) is 1. The van der Waals surface area contributed by atoms with Crippen molar-refractivity contribution < 1.29 is 0 Å². The lowest BCUT2D eigenvalue weighted by atomic mass is 10.2. The van der Waals surface area contributed by atoms with Crippen LogP contribution in [-0.4, -0.2) is 30.2 Å². The minimum absolute atomic E-state index is 0.216. The molecule has 3 heterocycles. The first-order valence-corrected chi connectivity index (χ1v) is 5.22. The van der Waals surface area contributed by atoms with Crippen molar-refractivity contribution in [2.45, 2.75) is 0 Å². The van der Waals surface area contributed by atoms with Crippen LogP contribution in [-0.2, 0) is 0 Å². The lowest BCUT2D eigenvalue weighted by Crippen LogP contribution is -2.19. The molecule has 0 bridgehead atoms. The van der Waals surface area contributed by atoms with Gasteiger partial charge in [0.05, 0.1) is 17.4 Å². The summed E-state index contributed by atoms with van der Waals surface area (Å²) in [7, 11) is 0. The molecule has 7 nitrogen and oxygen atoms in total. The van der Waals surface area contributed by atoms with E-state index in [0.717, 1.165) is 0 Å². The highest BCUT2D eigenvalue weighted by Crippen LogP contribution is 2.09. The van der Waals surface area contributed by atoms with Crippen LogP contribution in [0, 0.1) is 0 Å². The topological polar surface area (TPSA) is 89.4 Å². The highest BCUT2D eigenvalue weighted by atomic mass is 16.1. The van der Waals surface area contributed by atoms with Crippen molar-refractivity contribution in [2.24, 2.45) is 0 Å². The average molecular weight is 240 g/mol. The summed E-state index contributed by atoms with van der Waals surface area (Å²) in [6.07, 6.45) is 4.93. The minimum atomic E-state index is -0.216. The normalized spacial score (nSPS) is 10.4. The Kier molecular flexibility index (Phi) is 2.41. The molecule has 0 spiro atoms. The number of pyridine rings is 2. The van der Waals surface area contributed by atoms with Gasteiger partial charge in [0.15, 0.2) is 0 Å². The maximum atomic E-state index is 12.3. The van der Waals surface area contributed by atoms with E-state index in [1.165, 1.54) is 4.57 Å². The molecule has 0 aliphatic heterocycles. The molecule has 0 unspecified atom stereocenters. The highest BCUT2D eigenvalue weighted by molar-refractivity contribution is 5.52. The number of H-pyrrole nitrogens is 1. The summed E-state index contributed by atoms with van der Waals surface area (Å²) in [4.78, 5) is 16.3. The van der Waals surface area contributed by atoms with E-state index < -0.39 is 0 Å². The summed E-state index contributed by atoms with van der Waals surface area (Å²) < 4.78 is 1.48. The fraction of sp³-hybridized carbons (Fsp3) is 0. The maximum absolute atomic E-state index is 12.3. The third-order valence-electron chi connectivity index (χ3n) is 2.46. The van der Waals surface area contributed by atoms with Crippen molar-refractivity contribution in [3.8, 4) is 17.1 Å². The number of hydrogen-bond donors (Lipinski definition) is 1. The SMILES string of the molecule is O=c1c(-c2nn[nH]n2)cccn1-c1cccnc1. The zero-order valence-corrected chi connectivity index (χ0v) is 9.19. The fourth-order valence-electron chi connectivity index (χ4n) is 1.64. The maximum Gasteiger partial charge on any atom is 0.266 e. The molecule has 0 saturated heterocycles. The molecule has 3 rings (SSSR count). The molecule has 18 heavy (non-hydrogen) atoms. The average Bonchev–Trinajstić information content (AvgIpc) is 2.94. The van der Waals surface area contributed by atoms with Crippen LogP contribution in [0.3, 0.4) is 0 Å². The molecule has 0 amide bonds. The van der Waals surface area contributed by atoms with Gasteiger partial charge in [0, 0.05) is 12.4 Å². The van der Waals surface area contributed by atoms with Gasteiger partial charge in [-0.15, -0.1) is 10.2 Å². The lowest BCUT2D eigenvalue weighted by molar-refractivity contribution is 0.881. The van der Waals surface area contributed by atoms with Crippen LogP contribution in [0.2, 0.25) is 0 Å². The summed E-state index contributed by atoms with van der Waals surface area (Å²) in [6.45, 7) is 0. The molecule has 3 aromatic heterocycles. The molecule has 0 fully saturated rings. The van der Waals surface area contributed by atoms with E-state index in [9.17, 15) is 4.79 Å². The van der Waals surface area contributed by atoms with Crippen molar-refractivity contribution in [1.29, 1.82) is 0 Å². The second-order valence-corrected chi connectivity index (χ2v) is 3.54. The van der Waals surface area contributed by atoms with E-state index in [1.54, 1.807) is 42.9 Å². The molecule has 0 aliphatic carbocycles. The summed E-state index contributed by atoms with van der Waals surface area (Å²) in [5.74, 6) is 0.276. The Hall–Kier alpha value is -2.83. The predicted octanol–water partition coefficient (Wildman–Crippen LogP) is 0.413. The van der Waals surface area contributed by atoms with Gasteiger partial charge in [-0.2, -0.15) is 5.21 Å². The first-order valence-electron chi connectivity index (χ1n) is 5.22. The Labute approximate surface area is 101 Å². The summed E-state index contributed by atoms with van der Waals surface area (Å²) in [5, 5.41) is 13.4. The zero-order chi connectivity index (χ0) is 12.4. The Balaban J connectivity index is 2.20. The van der Waals surface area contributed by atoms with E-state index in [0.29, 0.717) is 11.3 Å². The number of aromatic nitrogens is 6. The van der Waals surface area contributed by atoms with Crippen LogP contribution < -0.4 is 5.56 Å². The second-order valence-electron chi connectivity index (χ2n) is 3.54. The van der Waals surface area contributed by atoms with Crippen molar-refractivity contribution in [3.05, 3.63) is 53.2 Å². The predicted molar refractivity (Wildman–Crippen MR) is 63.0 cm³/mol. The van der Waals surface area contributed by atoms with Crippen LogP contribution in [0.1, 0.15) is 0 Å². The molecular formula is C11H8N6O. The van der Waals surface area contributed by atoms with Gasteiger partial charge < -0.3 is 0 Å². The quantitative estimate of drug-likeness (QED) is 0.700. The Morgan fingerprint density at radius 2 is 2.17 bits per heavy atom. The largest absolute Gasteiger partial charge is 0.282 e. The minimum Gasteiger partial charge on any atom is -0.282 e. The Bertz CT molecular complexity index is 704. The number of hydrogen-bond acceptors (Lipinski definition) is 5. The van der Waals surface area contributed by atoms with Gasteiger partial charge in [0.2, 0.25) is 5.82 Å². The van der Waals surface area contributed by atoms with Gasteiger partial charge >= 0.3 is 0 Å². The Morgan fingerprint density at radius 3 is 2.89 bits per heavy atom. The molecule has 0 saturated carbocycles. The molecule has 1 N–H and O–H groups in total. The third-order valence-corrected chi connectivity index (χ3v) is 2.46.